The van der Waals surface area contributed by atoms with Crippen LogP contribution in [0.2, 0.25) is 0 Å². The number of hydrogen-bond acceptors (Lipinski definition) is 1. The van der Waals surface area contributed by atoms with Crippen molar-refractivity contribution in [3.05, 3.63) is 121 Å². The van der Waals surface area contributed by atoms with E-state index < -0.39 is 0 Å². The maximum Gasteiger partial charge on any atom is 0.0463 e. The minimum Gasteiger partial charge on any atom is -0.355 e. The molecule has 6 rings (SSSR count). The molecular formula is C30H21N. The van der Waals surface area contributed by atoms with Crippen molar-refractivity contribution in [2.45, 2.75) is 0 Å². The Labute approximate surface area is 181 Å². The molecule has 146 valence electrons. The summed E-state index contributed by atoms with van der Waals surface area (Å²) in [6.45, 7) is 0. The fourth-order valence-corrected chi connectivity index (χ4v) is 4.43. The third-order valence-electron chi connectivity index (χ3n) is 6.03. The first-order valence-corrected chi connectivity index (χ1v) is 10.6. The molecule has 31 heavy (non-hydrogen) atoms. The van der Waals surface area contributed by atoms with Crippen molar-refractivity contribution in [1.29, 1.82) is 0 Å². The summed E-state index contributed by atoms with van der Waals surface area (Å²) in [5.41, 5.74) is 4.67. The monoisotopic (exact) mass is 395 g/mol. The average Bonchev–Trinajstić information content (AvgIpc) is 2.84. The Balaban J connectivity index is 1.33. The van der Waals surface area contributed by atoms with E-state index in [1.807, 2.05) is 0 Å². The largest absolute Gasteiger partial charge is 0.355 e. The standard InChI is InChI=1S/C30H21N/c1-3-9-27-23(7-1)12-13-25-20-24(16-19-28(25)27)21-14-17-26(18-15-21)31-30-11-5-8-22-6-2-4-10-29(22)30/h1-20,31H. The van der Waals surface area contributed by atoms with Gasteiger partial charge in [-0.2, -0.15) is 0 Å². The SMILES string of the molecule is c1ccc2c(Nc3ccc(-c4ccc5c(ccc6ccccc65)c4)cc3)cccc2c1. The van der Waals surface area contributed by atoms with E-state index in [0.29, 0.717) is 0 Å². The van der Waals surface area contributed by atoms with Crippen LogP contribution < -0.4 is 5.32 Å². The van der Waals surface area contributed by atoms with Crippen molar-refractivity contribution in [1.82, 2.24) is 0 Å². The van der Waals surface area contributed by atoms with Crippen LogP contribution in [0.15, 0.2) is 121 Å². The fourth-order valence-electron chi connectivity index (χ4n) is 4.43. The predicted octanol–water partition coefficient (Wildman–Crippen LogP) is 8.56. The molecule has 0 bridgehead atoms. The first-order valence-electron chi connectivity index (χ1n) is 10.6. The summed E-state index contributed by atoms with van der Waals surface area (Å²) in [5.74, 6) is 0. The van der Waals surface area contributed by atoms with Gasteiger partial charge in [-0.1, -0.05) is 97.1 Å². The molecule has 0 unspecified atom stereocenters. The van der Waals surface area contributed by atoms with Crippen molar-refractivity contribution in [3.8, 4) is 11.1 Å². The molecule has 0 heterocycles. The summed E-state index contributed by atoms with van der Waals surface area (Å²) >= 11 is 0. The molecule has 0 amide bonds. The van der Waals surface area contributed by atoms with E-state index in [0.717, 1.165) is 11.4 Å². The number of nitrogens with one attached hydrogen (secondary N) is 1. The average molecular weight is 396 g/mol. The fraction of sp³-hybridized carbons (Fsp3) is 0. The van der Waals surface area contributed by atoms with Gasteiger partial charge >= 0.3 is 0 Å². The zero-order valence-corrected chi connectivity index (χ0v) is 17.0. The van der Waals surface area contributed by atoms with Crippen molar-refractivity contribution in [2.75, 3.05) is 5.32 Å². The highest BCUT2D eigenvalue weighted by Crippen LogP contribution is 2.31. The molecular weight excluding hydrogens is 374 g/mol. The molecule has 6 aromatic carbocycles. The summed E-state index contributed by atoms with van der Waals surface area (Å²) in [4.78, 5) is 0. The topological polar surface area (TPSA) is 12.0 Å². The van der Waals surface area contributed by atoms with Crippen LogP contribution in [-0.2, 0) is 0 Å². The smallest absolute Gasteiger partial charge is 0.0463 e. The summed E-state index contributed by atoms with van der Waals surface area (Å²) in [6.07, 6.45) is 0. The van der Waals surface area contributed by atoms with Gasteiger partial charge in [0.15, 0.2) is 0 Å². The number of hydrogen-bond donors (Lipinski definition) is 1. The maximum absolute atomic E-state index is 3.58. The lowest BCUT2D eigenvalue weighted by molar-refractivity contribution is 1.57. The highest BCUT2D eigenvalue weighted by Gasteiger charge is 2.05. The van der Waals surface area contributed by atoms with Crippen LogP contribution in [0, 0.1) is 0 Å². The molecule has 0 radical (unpaired) electrons. The van der Waals surface area contributed by atoms with E-state index in [-0.39, 0.29) is 0 Å². The van der Waals surface area contributed by atoms with Gasteiger partial charge in [0.05, 0.1) is 0 Å². The van der Waals surface area contributed by atoms with Gasteiger partial charge in [0.25, 0.3) is 0 Å². The predicted molar refractivity (Wildman–Crippen MR) is 134 cm³/mol. The lowest BCUT2D eigenvalue weighted by atomic mass is 9.97. The van der Waals surface area contributed by atoms with Crippen molar-refractivity contribution in [3.63, 3.8) is 0 Å². The Bertz CT molecular complexity index is 1540. The number of rotatable bonds is 3. The number of anilines is 2. The first-order chi connectivity index (χ1) is 15.3. The molecule has 0 saturated carbocycles. The molecule has 0 saturated heterocycles. The lowest BCUT2D eigenvalue weighted by Gasteiger charge is -2.11. The molecule has 1 nitrogen and oxygen atoms in total. The van der Waals surface area contributed by atoms with Crippen LogP contribution in [0.4, 0.5) is 11.4 Å². The van der Waals surface area contributed by atoms with E-state index in [1.54, 1.807) is 0 Å². The molecule has 0 atom stereocenters. The van der Waals surface area contributed by atoms with E-state index in [4.69, 9.17) is 0 Å². The second-order valence-electron chi connectivity index (χ2n) is 7.95. The maximum atomic E-state index is 3.58. The van der Waals surface area contributed by atoms with Gasteiger partial charge in [-0.15, -0.1) is 0 Å². The van der Waals surface area contributed by atoms with Gasteiger partial charge in [-0.25, -0.2) is 0 Å². The second kappa shape index (κ2) is 7.30. The molecule has 6 aromatic rings. The van der Waals surface area contributed by atoms with E-state index >= 15 is 0 Å². The van der Waals surface area contributed by atoms with Crippen LogP contribution in [0.3, 0.4) is 0 Å². The lowest BCUT2D eigenvalue weighted by Crippen LogP contribution is -1.91. The Morgan fingerprint density at radius 2 is 1.00 bits per heavy atom. The van der Waals surface area contributed by atoms with Crippen molar-refractivity contribution in [2.24, 2.45) is 0 Å². The number of fused-ring (bicyclic) bond motifs is 4. The summed E-state index contributed by atoms with van der Waals surface area (Å²) in [5, 5.41) is 11.2. The third kappa shape index (κ3) is 3.21. The Hall–Kier alpha value is -4.10. The Morgan fingerprint density at radius 3 is 1.84 bits per heavy atom. The van der Waals surface area contributed by atoms with Crippen LogP contribution in [-0.4, -0.2) is 0 Å². The quantitative estimate of drug-likeness (QED) is 0.296. The molecule has 0 aliphatic carbocycles. The zero-order chi connectivity index (χ0) is 20.6. The molecule has 0 aromatic heterocycles. The van der Waals surface area contributed by atoms with Crippen LogP contribution in [0.5, 0.6) is 0 Å². The van der Waals surface area contributed by atoms with Crippen molar-refractivity contribution >= 4 is 43.7 Å². The highest BCUT2D eigenvalue weighted by atomic mass is 14.9. The summed E-state index contributed by atoms with van der Waals surface area (Å²) in [7, 11) is 0. The first kappa shape index (κ1) is 17.7. The van der Waals surface area contributed by atoms with Gasteiger partial charge < -0.3 is 5.32 Å². The molecule has 0 aliphatic heterocycles. The molecule has 1 N–H and O–H groups in total. The summed E-state index contributed by atoms with van der Waals surface area (Å²) in [6, 6.07) is 43.3. The second-order valence-corrected chi connectivity index (χ2v) is 7.95. The van der Waals surface area contributed by atoms with Gasteiger partial charge in [-0.3, -0.25) is 0 Å². The Kier molecular flexibility index (Phi) is 4.18. The van der Waals surface area contributed by atoms with E-state index in [1.165, 1.54) is 43.4 Å². The normalized spacial score (nSPS) is 11.2. The molecule has 0 fully saturated rings. The van der Waals surface area contributed by atoms with Gasteiger partial charge in [0.1, 0.15) is 0 Å². The van der Waals surface area contributed by atoms with Crippen molar-refractivity contribution < 1.29 is 0 Å². The van der Waals surface area contributed by atoms with Gasteiger partial charge in [-0.05, 0) is 62.3 Å². The van der Waals surface area contributed by atoms with E-state index in [9.17, 15) is 0 Å². The van der Waals surface area contributed by atoms with Gasteiger partial charge in [0, 0.05) is 16.8 Å². The van der Waals surface area contributed by atoms with Gasteiger partial charge in [0.2, 0.25) is 0 Å². The minimum atomic E-state index is 1.09. The molecule has 0 aliphatic rings. The number of benzene rings is 6. The Morgan fingerprint density at radius 1 is 0.387 bits per heavy atom. The van der Waals surface area contributed by atoms with Crippen LogP contribution in [0.25, 0.3) is 43.4 Å². The minimum absolute atomic E-state index is 1.09. The van der Waals surface area contributed by atoms with E-state index in [2.05, 4.69) is 127 Å². The van der Waals surface area contributed by atoms with Crippen LogP contribution >= 0.6 is 0 Å². The molecule has 1 heteroatoms. The highest BCUT2D eigenvalue weighted by molar-refractivity contribution is 6.08. The summed E-state index contributed by atoms with van der Waals surface area (Å²) < 4.78 is 0. The zero-order valence-electron chi connectivity index (χ0n) is 17.0. The third-order valence-corrected chi connectivity index (χ3v) is 6.03. The molecule has 0 spiro atoms. The van der Waals surface area contributed by atoms with Crippen LogP contribution in [0.1, 0.15) is 0 Å².